The standard InChI is InChI=1S/C14H18FNS/c1-2-3-7-17-11-13-8-12(5-4-6-16)9-14(15)10-13/h8-10H,2-3,6-7,11,16H2,1H3. The molecular formula is C14H18FNS. The van der Waals surface area contributed by atoms with Crippen LogP contribution in [0.1, 0.15) is 30.9 Å². The van der Waals surface area contributed by atoms with Gasteiger partial charge in [0, 0.05) is 11.3 Å². The molecule has 0 saturated carbocycles. The average Bonchev–Trinajstić information content (AvgIpc) is 2.31. The van der Waals surface area contributed by atoms with Crippen molar-refractivity contribution in [1.82, 2.24) is 0 Å². The highest BCUT2D eigenvalue weighted by atomic mass is 32.2. The van der Waals surface area contributed by atoms with Gasteiger partial charge in [0.15, 0.2) is 0 Å². The van der Waals surface area contributed by atoms with Gasteiger partial charge in [0.1, 0.15) is 5.82 Å². The molecular weight excluding hydrogens is 233 g/mol. The minimum absolute atomic E-state index is 0.222. The third-order valence-electron chi connectivity index (χ3n) is 2.20. The normalized spacial score (nSPS) is 9.82. The Morgan fingerprint density at radius 2 is 2.18 bits per heavy atom. The monoisotopic (exact) mass is 251 g/mol. The van der Waals surface area contributed by atoms with E-state index in [1.807, 2.05) is 17.8 Å². The van der Waals surface area contributed by atoms with E-state index in [1.165, 1.54) is 18.9 Å². The highest BCUT2D eigenvalue weighted by Gasteiger charge is 1.99. The van der Waals surface area contributed by atoms with Crippen molar-refractivity contribution < 1.29 is 4.39 Å². The maximum atomic E-state index is 13.3. The Balaban J connectivity index is 2.62. The zero-order valence-corrected chi connectivity index (χ0v) is 10.9. The highest BCUT2D eigenvalue weighted by Crippen LogP contribution is 2.16. The summed E-state index contributed by atoms with van der Waals surface area (Å²) in [5.41, 5.74) is 7.00. The van der Waals surface area contributed by atoms with Crippen molar-refractivity contribution in [2.45, 2.75) is 25.5 Å². The van der Waals surface area contributed by atoms with Gasteiger partial charge in [-0.3, -0.25) is 0 Å². The first-order chi connectivity index (χ1) is 8.26. The molecule has 0 aromatic heterocycles. The smallest absolute Gasteiger partial charge is 0.124 e. The number of hydrogen-bond acceptors (Lipinski definition) is 2. The molecule has 0 saturated heterocycles. The summed E-state index contributed by atoms with van der Waals surface area (Å²) in [6, 6.07) is 4.96. The van der Waals surface area contributed by atoms with E-state index in [2.05, 4.69) is 18.8 Å². The summed E-state index contributed by atoms with van der Waals surface area (Å²) < 4.78 is 13.3. The van der Waals surface area contributed by atoms with Crippen molar-refractivity contribution in [2.24, 2.45) is 5.73 Å². The summed E-state index contributed by atoms with van der Waals surface area (Å²) >= 11 is 1.83. The van der Waals surface area contributed by atoms with Gasteiger partial charge in [0.05, 0.1) is 6.54 Å². The number of halogens is 1. The van der Waals surface area contributed by atoms with Gasteiger partial charge in [-0.05, 0) is 35.9 Å². The van der Waals surface area contributed by atoms with Crippen molar-refractivity contribution in [3.63, 3.8) is 0 Å². The third-order valence-corrected chi connectivity index (χ3v) is 3.32. The number of hydrogen-bond donors (Lipinski definition) is 1. The molecule has 2 N–H and O–H groups in total. The fourth-order valence-corrected chi connectivity index (χ4v) is 2.43. The minimum Gasteiger partial charge on any atom is -0.320 e. The van der Waals surface area contributed by atoms with E-state index in [0.717, 1.165) is 17.1 Å². The van der Waals surface area contributed by atoms with Gasteiger partial charge in [0.2, 0.25) is 0 Å². The zero-order chi connectivity index (χ0) is 12.5. The predicted octanol–water partition coefficient (Wildman–Crippen LogP) is 3.17. The molecule has 0 heterocycles. The SMILES string of the molecule is CCCCSCc1cc(F)cc(C#CCN)c1. The number of rotatable bonds is 5. The maximum Gasteiger partial charge on any atom is 0.124 e. The van der Waals surface area contributed by atoms with Crippen LogP contribution < -0.4 is 5.73 Å². The quantitative estimate of drug-likeness (QED) is 0.642. The lowest BCUT2D eigenvalue weighted by Gasteiger charge is -2.02. The van der Waals surface area contributed by atoms with Gasteiger partial charge in [-0.25, -0.2) is 4.39 Å². The van der Waals surface area contributed by atoms with Gasteiger partial charge in [-0.2, -0.15) is 11.8 Å². The first kappa shape index (κ1) is 14.1. The molecule has 0 radical (unpaired) electrons. The van der Waals surface area contributed by atoms with Crippen LogP contribution in [0.25, 0.3) is 0 Å². The summed E-state index contributed by atoms with van der Waals surface area (Å²) in [7, 11) is 0. The van der Waals surface area contributed by atoms with E-state index in [4.69, 9.17) is 5.73 Å². The third kappa shape index (κ3) is 5.76. The van der Waals surface area contributed by atoms with Crippen LogP contribution in [-0.2, 0) is 5.75 Å². The fourth-order valence-electron chi connectivity index (χ4n) is 1.40. The lowest BCUT2D eigenvalue weighted by molar-refractivity contribution is 0.626. The summed E-state index contributed by atoms with van der Waals surface area (Å²) in [6.45, 7) is 2.47. The highest BCUT2D eigenvalue weighted by molar-refractivity contribution is 7.98. The number of nitrogens with two attached hydrogens (primary N) is 1. The topological polar surface area (TPSA) is 26.0 Å². The molecule has 0 fully saturated rings. The lowest BCUT2D eigenvalue weighted by Crippen LogP contribution is -1.93. The van der Waals surface area contributed by atoms with E-state index in [-0.39, 0.29) is 5.82 Å². The summed E-state index contributed by atoms with van der Waals surface area (Å²) in [5.74, 6) is 7.34. The summed E-state index contributed by atoms with van der Waals surface area (Å²) in [6.07, 6.45) is 2.41. The van der Waals surface area contributed by atoms with Crippen LogP contribution in [0.4, 0.5) is 4.39 Å². The van der Waals surface area contributed by atoms with Gasteiger partial charge in [-0.1, -0.05) is 25.2 Å². The second kappa shape index (κ2) is 8.16. The van der Waals surface area contributed by atoms with Crippen LogP contribution in [0.5, 0.6) is 0 Å². The number of thioether (sulfide) groups is 1. The van der Waals surface area contributed by atoms with Crippen molar-refractivity contribution >= 4 is 11.8 Å². The molecule has 0 aliphatic heterocycles. The Labute approximate surface area is 107 Å². The van der Waals surface area contributed by atoms with Crippen LogP contribution in [0.2, 0.25) is 0 Å². The Morgan fingerprint density at radius 1 is 1.35 bits per heavy atom. The van der Waals surface area contributed by atoms with Crippen LogP contribution in [0, 0.1) is 17.7 Å². The van der Waals surface area contributed by atoms with Crippen LogP contribution >= 0.6 is 11.8 Å². The molecule has 1 nitrogen and oxygen atoms in total. The van der Waals surface area contributed by atoms with Crippen molar-refractivity contribution in [3.05, 3.63) is 35.1 Å². The Morgan fingerprint density at radius 3 is 2.88 bits per heavy atom. The average molecular weight is 251 g/mol. The maximum absolute atomic E-state index is 13.3. The lowest BCUT2D eigenvalue weighted by atomic mass is 10.1. The fraction of sp³-hybridized carbons (Fsp3) is 0.429. The minimum atomic E-state index is -0.222. The number of unbranched alkanes of at least 4 members (excludes halogenated alkanes) is 1. The van der Waals surface area contributed by atoms with Gasteiger partial charge < -0.3 is 5.73 Å². The Hall–Kier alpha value is -0.980. The molecule has 0 atom stereocenters. The molecule has 0 aliphatic rings. The summed E-state index contributed by atoms with van der Waals surface area (Å²) in [4.78, 5) is 0. The van der Waals surface area contributed by atoms with Crippen molar-refractivity contribution in [2.75, 3.05) is 12.3 Å². The second-order valence-electron chi connectivity index (χ2n) is 3.76. The molecule has 17 heavy (non-hydrogen) atoms. The molecule has 1 rings (SSSR count). The predicted molar refractivity (Wildman–Crippen MR) is 73.4 cm³/mol. The molecule has 1 aromatic rings. The molecule has 0 spiro atoms. The molecule has 3 heteroatoms. The largest absolute Gasteiger partial charge is 0.320 e. The van der Waals surface area contributed by atoms with E-state index in [0.29, 0.717) is 12.1 Å². The number of benzene rings is 1. The van der Waals surface area contributed by atoms with E-state index in [9.17, 15) is 4.39 Å². The summed E-state index contributed by atoms with van der Waals surface area (Å²) in [5, 5.41) is 0. The second-order valence-corrected chi connectivity index (χ2v) is 4.87. The molecule has 0 unspecified atom stereocenters. The molecule has 92 valence electrons. The molecule has 1 aromatic carbocycles. The zero-order valence-electron chi connectivity index (χ0n) is 10.1. The Kier molecular flexibility index (Phi) is 6.76. The van der Waals surface area contributed by atoms with Crippen LogP contribution in [0.3, 0.4) is 0 Å². The van der Waals surface area contributed by atoms with Crippen LogP contribution in [-0.4, -0.2) is 12.3 Å². The molecule has 0 amide bonds. The van der Waals surface area contributed by atoms with E-state index >= 15 is 0 Å². The van der Waals surface area contributed by atoms with Gasteiger partial charge in [-0.15, -0.1) is 0 Å². The molecule has 0 aliphatic carbocycles. The van der Waals surface area contributed by atoms with E-state index < -0.39 is 0 Å². The van der Waals surface area contributed by atoms with Crippen molar-refractivity contribution in [1.29, 1.82) is 0 Å². The van der Waals surface area contributed by atoms with E-state index in [1.54, 1.807) is 6.07 Å². The van der Waals surface area contributed by atoms with Gasteiger partial charge in [0.25, 0.3) is 0 Å². The van der Waals surface area contributed by atoms with Crippen molar-refractivity contribution in [3.8, 4) is 11.8 Å². The first-order valence-electron chi connectivity index (χ1n) is 5.82. The first-order valence-corrected chi connectivity index (χ1v) is 6.98. The van der Waals surface area contributed by atoms with Gasteiger partial charge >= 0.3 is 0 Å². The van der Waals surface area contributed by atoms with Crippen LogP contribution in [0.15, 0.2) is 18.2 Å². The Bertz CT molecular complexity index is 406. The molecule has 0 bridgehead atoms.